The third-order valence-electron chi connectivity index (χ3n) is 3.34. The van der Waals surface area contributed by atoms with Crippen LogP contribution in [-0.2, 0) is 15.8 Å². The van der Waals surface area contributed by atoms with Crippen molar-refractivity contribution >= 4 is 21.8 Å². The van der Waals surface area contributed by atoms with Crippen LogP contribution >= 0.6 is 11.8 Å². The Kier molecular flexibility index (Phi) is 4.19. The second-order valence-corrected chi connectivity index (χ2v) is 7.82. The zero-order valence-electron chi connectivity index (χ0n) is 10.7. The summed E-state index contributed by atoms with van der Waals surface area (Å²) in [5, 5.41) is 8.95. The zero-order valence-corrected chi connectivity index (χ0v) is 12.4. The lowest BCUT2D eigenvalue weighted by molar-refractivity contribution is 0.579. The smallest absolute Gasteiger partial charge is 0.214 e. The van der Waals surface area contributed by atoms with E-state index in [1.54, 1.807) is 36.0 Å². The van der Waals surface area contributed by atoms with Gasteiger partial charge in [-0.05, 0) is 30.7 Å². The minimum absolute atomic E-state index is 0.0990. The van der Waals surface area contributed by atoms with Crippen LogP contribution in [0.25, 0.3) is 0 Å². The Morgan fingerprint density at radius 1 is 1.42 bits per heavy atom. The molecular formula is C13H16N2O2S2. The van der Waals surface area contributed by atoms with Crippen LogP contribution in [0.3, 0.4) is 0 Å². The number of nitrogens with one attached hydrogen (secondary N) is 1. The molecule has 1 fully saturated rings. The molecule has 0 bridgehead atoms. The number of rotatable bonds is 6. The van der Waals surface area contributed by atoms with Crippen molar-refractivity contribution < 1.29 is 8.42 Å². The van der Waals surface area contributed by atoms with Gasteiger partial charge in [0, 0.05) is 11.3 Å². The van der Waals surface area contributed by atoms with Gasteiger partial charge in [-0.15, -0.1) is 0 Å². The number of hydrogen-bond donors (Lipinski definition) is 1. The Balaban J connectivity index is 2.03. The molecule has 1 aromatic carbocycles. The number of sulfonamides is 1. The Morgan fingerprint density at radius 3 is 2.68 bits per heavy atom. The predicted molar refractivity (Wildman–Crippen MR) is 77.3 cm³/mol. The summed E-state index contributed by atoms with van der Waals surface area (Å²) in [4.78, 5) is 0. The van der Waals surface area contributed by atoms with Crippen LogP contribution in [0.4, 0.5) is 0 Å². The van der Waals surface area contributed by atoms with Gasteiger partial charge < -0.3 is 0 Å². The van der Waals surface area contributed by atoms with Crippen molar-refractivity contribution in [3.8, 4) is 6.07 Å². The number of nitrogens with zero attached hydrogens (tertiary/aromatic N) is 1. The molecule has 0 radical (unpaired) electrons. The minimum atomic E-state index is -3.38. The molecule has 1 aromatic rings. The first-order chi connectivity index (χ1) is 9.00. The van der Waals surface area contributed by atoms with Gasteiger partial charge in [0.05, 0.1) is 17.4 Å². The van der Waals surface area contributed by atoms with Gasteiger partial charge in [0.1, 0.15) is 0 Å². The molecule has 0 unspecified atom stereocenters. The fourth-order valence-corrected chi connectivity index (χ4v) is 3.92. The number of thioether (sulfide) groups is 1. The van der Waals surface area contributed by atoms with Crippen molar-refractivity contribution in [2.75, 3.05) is 12.8 Å². The van der Waals surface area contributed by atoms with Crippen molar-refractivity contribution in [1.82, 2.24) is 4.72 Å². The first kappa shape index (κ1) is 14.4. The van der Waals surface area contributed by atoms with Crippen LogP contribution in [0.15, 0.2) is 24.3 Å². The monoisotopic (exact) mass is 296 g/mol. The third kappa shape index (κ3) is 3.72. The first-order valence-corrected chi connectivity index (χ1v) is 8.88. The lowest BCUT2D eigenvalue weighted by Gasteiger charge is -2.13. The zero-order chi connectivity index (χ0) is 13.9. The highest BCUT2D eigenvalue weighted by Crippen LogP contribution is 2.46. The largest absolute Gasteiger partial charge is 0.215 e. The molecule has 0 aromatic heterocycles. The van der Waals surface area contributed by atoms with Gasteiger partial charge in [-0.2, -0.15) is 17.0 Å². The average molecular weight is 296 g/mol. The van der Waals surface area contributed by atoms with E-state index in [0.29, 0.717) is 17.7 Å². The van der Waals surface area contributed by atoms with Gasteiger partial charge in [-0.3, -0.25) is 0 Å². The summed E-state index contributed by atoms with van der Waals surface area (Å²) in [5.41, 5.74) is 0.963. The van der Waals surface area contributed by atoms with Crippen molar-refractivity contribution in [3.05, 3.63) is 35.4 Å². The maximum atomic E-state index is 12.0. The molecule has 2 rings (SSSR count). The van der Waals surface area contributed by atoms with Gasteiger partial charge in [-0.25, -0.2) is 13.1 Å². The maximum absolute atomic E-state index is 12.0. The molecule has 0 atom stereocenters. The Morgan fingerprint density at radius 2 is 2.11 bits per heavy atom. The molecule has 0 amide bonds. The van der Waals surface area contributed by atoms with Crippen molar-refractivity contribution in [2.45, 2.75) is 23.3 Å². The maximum Gasteiger partial charge on any atom is 0.215 e. The molecule has 4 nitrogen and oxygen atoms in total. The highest BCUT2D eigenvalue weighted by molar-refractivity contribution is 8.00. The van der Waals surface area contributed by atoms with E-state index in [1.807, 2.05) is 12.3 Å². The third-order valence-corrected chi connectivity index (χ3v) is 6.03. The van der Waals surface area contributed by atoms with Gasteiger partial charge in [0.25, 0.3) is 0 Å². The molecular weight excluding hydrogens is 280 g/mol. The summed E-state index contributed by atoms with van der Waals surface area (Å²) in [6.45, 7) is 0.477. The summed E-state index contributed by atoms with van der Waals surface area (Å²) >= 11 is 1.71. The summed E-state index contributed by atoms with van der Waals surface area (Å²) < 4.78 is 26.8. The molecule has 0 spiro atoms. The molecule has 1 N–H and O–H groups in total. The van der Waals surface area contributed by atoms with Crippen LogP contribution in [0, 0.1) is 11.3 Å². The molecule has 0 saturated heterocycles. The fraction of sp³-hybridized carbons (Fsp3) is 0.462. The van der Waals surface area contributed by atoms with Crippen LogP contribution < -0.4 is 4.72 Å². The van der Waals surface area contributed by atoms with E-state index in [9.17, 15) is 8.42 Å². The molecule has 0 heterocycles. The number of nitriles is 1. The van der Waals surface area contributed by atoms with Crippen LogP contribution in [-0.4, -0.2) is 26.0 Å². The summed E-state index contributed by atoms with van der Waals surface area (Å²) in [7, 11) is -3.38. The second kappa shape index (κ2) is 5.53. The first-order valence-electron chi connectivity index (χ1n) is 6.01. The molecule has 6 heteroatoms. The predicted octanol–water partition coefficient (Wildman–Crippen LogP) is 1.87. The highest BCUT2D eigenvalue weighted by Gasteiger charge is 2.42. The SMILES string of the molecule is CSC1(CNS(=O)(=O)Cc2ccccc2C#N)CC1. The number of benzene rings is 1. The summed E-state index contributed by atoms with van der Waals surface area (Å²) in [5.74, 6) is -0.138. The molecule has 1 saturated carbocycles. The standard InChI is InChI=1S/C13H16N2O2S2/c1-18-13(6-7-13)10-15-19(16,17)9-12-5-3-2-4-11(12)8-14/h2-5,15H,6-7,9-10H2,1H3. The minimum Gasteiger partial charge on any atom is -0.214 e. The lowest BCUT2D eigenvalue weighted by atomic mass is 10.1. The van der Waals surface area contributed by atoms with Crippen molar-refractivity contribution in [3.63, 3.8) is 0 Å². The Labute approximate surface area is 118 Å². The van der Waals surface area contributed by atoms with E-state index in [-0.39, 0.29) is 10.5 Å². The second-order valence-electron chi connectivity index (χ2n) is 4.74. The van der Waals surface area contributed by atoms with Crippen molar-refractivity contribution in [1.29, 1.82) is 5.26 Å². The molecule has 1 aliphatic rings. The molecule has 0 aliphatic heterocycles. The van der Waals surface area contributed by atoms with Gasteiger partial charge in [0.2, 0.25) is 10.0 Å². The summed E-state index contributed by atoms with van der Waals surface area (Å²) in [6, 6.07) is 8.81. The van der Waals surface area contributed by atoms with Gasteiger partial charge >= 0.3 is 0 Å². The van der Waals surface area contributed by atoms with Gasteiger partial charge in [0.15, 0.2) is 0 Å². The highest BCUT2D eigenvalue weighted by atomic mass is 32.2. The van der Waals surface area contributed by atoms with E-state index in [0.717, 1.165) is 12.8 Å². The molecule has 1 aliphatic carbocycles. The average Bonchev–Trinajstić information content (AvgIpc) is 3.18. The number of hydrogen-bond acceptors (Lipinski definition) is 4. The van der Waals surface area contributed by atoms with Crippen LogP contribution in [0.2, 0.25) is 0 Å². The molecule has 19 heavy (non-hydrogen) atoms. The van der Waals surface area contributed by atoms with E-state index in [4.69, 9.17) is 5.26 Å². The quantitative estimate of drug-likeness (QED) is 0.870. The van der Waals surface area contributed by atoms with E-state index in [2.05, 4.69) is 4.72 Å². The van der Waals surface area contributed by atoms with E-state index < -0.39 is 10.0 Å². The topological polar surface area (TPSA) is 70.0 Å². The summed E-state index contributed by atoms with van der Waals surface area (Å²) in [6.07, 6.45) is 4.13. The lowest BCUT2D eigenvalue weighted by Crippen LogP contribution is -2.32. The van der Waals surface area contributed by atoms with Crippen LogP contribution in [0.5, 0.6) is 0 Å². The normalized spacial score (nSPS) is 16.8. The van der Waals surface area contributed by atoms with Crippen LogP contribution in [0.1, 0.15) is 24.0 Å². The van der Waals surface area contributed by atoms with Gasteiger partial charge in [-0.1, -0.05) is 18.2 Å². The van der Waals surface area contributed by atoms with E-state index >= 15 is 0 Å². The van der Waals surface area contributed by atoms with E-state index in [1.165, 1.54) is 0 Å². The van der Waals surface area contributed by atoms with Crippen molar-refractivity contribution in [2.24, 2.45) is 0 Å². The Bertz CT molecular complexity index is 601. The Hall–Kier alpha value is -1.03. The fourth-order valence-electron chi connectivity index (χ4n) is 1.84. The molecule has 102 valence electrons.